The van der Waals surface area contributed by atoms with Crippen LogP contribution in [0.5, 0.6) is 11.5 Å². The molecule has 0 aliphatic heterocycles. The van der Waals surface area contributed by atoms with Gasteiger partial charge in [0, 0.05) is 33.2 Å². The Morgan fingerprint density at radius 3 is 2.50 bits per heavy atom. The number of halogens is 3. The number of hydrogen-bond acceptors (Lipinski definition) is 8. The fourth-order valence-electron chi connectivity index (χ4n) is 4.23. The second-order valence-corrected chi connectivity index (χ2v) is 10.9. The van der Waals surface area contributed by atoms with Crippen molar-refractivity contribution in [2.45, 2.75) is 25.8 Å². The van der Waals surface area contributed by atoms with E-state index >= 15 is 0 Å². The topological polar surface area (TPSA) is 127 Å². The van der Waals surface area contributed by atoms with Crippen molar-refractivity contribution in [2.75, 3.05) is 6.61 Å². The molecule has 4 aromatic carbocycles. The number of carboxylic acid groups (broad SMARTS) is 1. The van der Waals surface area contributed by atoms with Gasteiger partial charge in [-0.3, -0.25) is 10.1 Å². The lowest BCUT2D eigenvalue weighted by atomic mass is 10.0. The van der Waals surface area contributed by atoms with Gasteiger partial charge >= 0.3 is 5.97 Å². The van der Waals surface area contributed by atoms with Crippen LogP contribution in [0, 0.1) is 0 Å². The first-order chi connectivity index (χ1) is 20.3. The molecule has 1 heterocycles. The maximum absolute atomic E-state index is 11.4. The highest BCUT2D eigenvalue weighted by Gasteiger charge is 2.18. The maximum atomic E-state index is 11.4. The Kier molecular flexibility index (Phi) is 9.61. The first-order valence-electron chi connectivity index (χ1n) is 12.7. The Labute approximate surface area is 259 Å². The van der Waals surface area contributed by atoms with Crippen LogP contribution in [0.2, 0.25) is 10.0 Å². The highest BCUT2D eigenvalue weighted by molar-refractivity contribution is 9.10. The molecule has 5 rings (SSSR count). The lowest BCUT2D eigenvalue weighted by Gasteiger charge is -2.18. The average Bonchev–Trinajstić information content (AvgIpc) is 3.45. The molecule has 0 bridgehead atoms. The third-order valence-corrected chi connectivity index (χ3v) is 7.91. The molecule has 0 fully saturated rings. The van der Waals surface area contributed by atoms with Crippen LogP contribution in [0.1, 0.15) is 16.7 Å². The number of nitrogens with one attached hydrogen (secondary N) is 1. The molecule has 12 heteroatoms. The van der Waals surface area contributed by atoms with Crippen molar-refractivity contribution in [2.24, 2.45) is 0 Å². The van der Waals surface area contributed by atoms with Crippen molar-refractivity contribution in [3.05, 3.63) is 104 Å². The molecule has 9 nitrogen and oxygen atoms in total. The van der Waals surface area contributed by atoms with Crippen LogP contribution in [0.3, 0.4) is 0 Å². The first kappa shape index (κ1) is 29.8. The van der Waals surface area contributed by atoms with Gasteiger partial charge in [0.15, 0.2) is 0 Å². The molecule has 0 spiro atoms. The van der Waals surface area contributed by atoms with E-state index in [0.29, 0.717) is 38.1 Å². The molecule has 5 aromatic rings. The summed E-state index contributed by atoms with van der Waals surface area (Å²) in [4.78, 5) is 11.4. The average molecular weight is 673 g/mol. The molecular formula is C30H24BrCl2N3O6. The number of aliphatic hydroxyl groups excluding tert-OH is 1. The Hall–Kier alpha value is -3.67. The van der Waals surface area contributed by atoms with Crippen LogP contribution >= 0.6 is 39.1 Å². The number of aromatic nitrogens is 2. The van der Waals surface area contributed by atoms with Crippen molar-refractivity contribution >= 4 is 56.1 Å². The summed E-state index contributed by atoms with van der Waals surface area (Å²) >= 11 is 16.5. The summed E-state index contributed by atoms with van der Waals surface area (Å²) in [5.41, 5.74) is 5.43. The van der Waals surface area contributed by atoms with Gasteiger partial charge < -0.3 is 19.7 Å². The van der Waals surface area contributed by atoms with Gasteiger partial charge in [-0.15, -0.1) is 0 Å². The highest BCUT2D eigenvalue weighted by Crippen LogP contribution is 2.36. The van der Waals surface area contributed by atoms with Gasteiger partial charge in [-0.25, -0.2) is 4.63 Å². The second-order valence-electron chi connectivity index (χ2n) is 9.30. The molecule has 0 saturated carbocycles. The lowest BCUT2D eigenvalue weighted by molar-refractivity contribution is -0.140. The Morgan fingerprint density at radius 1 is 0.929 bits per heavy atom. The summed E-state index contributed by atoms with van der Waals surface area (Å²) < 4.78 is 17.9. The van der Waals surface area contributed by atoms with E-state index in [0.717, 1.165) is 26.7 Å². The minimum Gasteiger partial charge on any atom is -0.488 e. The monoisotopic (exact) mass is 671 g/mol. The Balaban J connectivity index is 1.39. The predicted octanol–water partition coefficient (Wildman–Crippen LogP) is 6.65. The number of ether oxygens (including phenoxy) is 2. The zero-order valence-corrected chi connectivity index (χ0v) is 25.0. The molecule has 0 amide bonds. The Bertz CT molecular complexity index is 1730. The van der Waals surface area contributed by atoms with E-state index in [1.807, 2.05) is 48.5 Å². The number of fused-ring (bicyclic) bond motifs is 1. The van der Waals surface area contributed by atoms with Crippen LogP contribution in [-0.4, -0.2) is 39.1 Å². The normalized spacial score (nSPS) is 11.9. The van der Waals surface area contributed by atoms with Gasteiger partial charge in [-0.05, 0) is 73.3 Å². The second kappa shape index (κ2) is 13.5. The number of carboxylic acids is 1. The summed E-state index contributed by atoms with van der Waals surface area (Å²) in [7, 11) is 0. The quantitative estimate of drug-likeness (QED) is 0.133. The smallest absolute Gasteiger partial charge is 0.323 e. The molecule has 0 unspecified atom stereocenters. The standard InChI is InChI=1S/C30H24BrCl2N3O6/c31-29-19(4-2-6-22(29)18-3-1-5-21(32)10-18)16-41-28-12-27(20(11-23(28)33)13-34-26(14-37)30(38)39)40-15-17-7-8-24-25(9-17)36-42-35-24/h1-12,26,34,37H,13-16H2,(H,38,39)/t26-/m1/s1. The molecule has 0 aliphatic carbocycles. The molecule has 216 valence electrons. The first-order valence-corrected chi connectivity index (χ1v) is 14.3. The van der Waals surface area contributed by atoms with Crippen LogP contribution in [0.25, 0.3) is 22.2 Å². The summed E-state index contributed by atoms with van der Waals surface area (Å²) in [6.45, 7) is -0.124. The number of hydrogen-bond donors (Lipinski definition) is 3. The van der Waals surface area contributed by atoms with Crippen LogP contribution in [0.15, 0.2) is 81.9 Å². The fourth-order valence-corrected chi connectivity index (χ4v) is 5.27. The number of rotatable bonds is 12. The van der Waals surface area contributed by atoms with E-state index in [1.165, 1.54) is 0 Å². The summed E-state index contributed by atoms with van der Waals surface area (Å²) in [6.07, 6.45) is 0. The van der Waals surface area contributed by atoms with Crippen LogP contribution < -0.4 is 14.8 Å². The Morgan fingerprint density at radius 2 is 1.71 bits per heavy atom. The van der Waals surface area contributed by atoms with E-state index < -0.39 is 18.6 Å². The minimum absolute atomic E-state index is 0.0757. The third kappa shape index (κ3) is 7.03. The minimum atomic E-state index is -1.17. The van der Waals surface area contributed by atoms with Crippen LogP contribution in [0.4, 0.5) is 0 Å². The molecular weight excluding hydrogens is 649 g/mol. The van der Waals surface area contributed by atoms with E-state index in [4.69, 9.17) is 37.3 Å². The molecule has 0 radical (unpaired) electrons. The summed E-state index contributed by atoms with van der Waals surface area (Å²) in [5.74, 6) is -0.371. The number of carbonyl (C=O) groups is 1. The van der Waals surface area contributed by atoms with Crippen molar-refractivity contribution < 1.29 is 29.1 Å². The van der Waals surface area contributed by atoms with Gasteiger partial charge in [0.2, 0.25) is 0 Å². The largest absolute Gasteiger partial charge is 0.488 e. The predicted molar refractivity (Wildman–Crippen MR) is 162 cm³/mol. The van der Waals surface area contributed by atoms with Crippen molar-refractivity contribution in [3.8, 4) is 22.6 Å². The van der Waals surface area contributed by atoms with Crippen molar-refractivity contribution in [1.82, 2.24) is 15.6 Å². The fraction of sp³-hybridized carbons (Fsp3) is 0.167. The molecule has 1 aromatic heterocycles. The van der Waals surface area contributed by atoms with Gasteiger partial charge in [-0.2, -0.15) is 0 Å². The van der Waals surface area contributed by atoms with Gasteiger partial charge in [-0.1, -0.05) is 59.6 Å². The third-order valence-electron chi connectivity index (χ3n) is 6.44. The summed E-state index contributed by atoms with van der Waals surface area (Å²) in [5, 5.41) is 30.2. The maximum Gasteiger partial charge on any atom is 0.323 e. The summed E-state index contributed by atoms with van der Waals surface area (Å²) in [6, 6.07) is 21.0. The van der Waals surface area contributed by atoms with Gasteiger partial charge in [0.05, 0.1) is 11.6 Å². The molecule has 0 saturated heterocycles. The van der Waals surface area contributed by atoms with E-state index in [1.54, 1.807) is 24.3 Å². The molecule has 42 heavy (non-hydrogen) atoms. The van der Waals surface area contributed by atoms with Gasteiger partial charge in [0.1, 0.15) is 41.8 Å². The molecule has 3 N–H and O–H groups in total. The van der Waals surface area contributed by atoms with E-state index in [2.05, 4.69) is 31.6 Å². The number of aliphatic hydroxyl groups is 1. The van der Waals surface area contributed by atoms with Crippen LogP contribution in [-0.2, 0) is 24.6 Å². The highest BCUT2D eigenvalue weighted by atomic mass is 79.9. The van der Waals surface area contributed by atoms with Crippen molar-refractivity contribution in [3.63, 3.8) is 0 Å². The van der Waals surface area contributed by atoms with E-state index in [-0.39, 0.29) is 19.8 Å². The number of benzene rings is 4. The molecule has 1 atom stereocenters. The zero-order chi connectivity index (χ0) is 29.6. The van der Waals surface area contributed by atoms with E-state index in [9.17, 15) is 15.0 Å². The zero-order valence-electron chi connectivity index (χ0n) is 21.9. The lowest BCUT2D eigenvalue weighted by Crippen LogP contribution is -2.39. The number of aliphatic carboxylic acids is 1. The van der Waals surface area contributed by atoms with Gasteiger partial charge in [0.25, 0.3) is 0 Å². The molecule has 0 aliphatic rings. The van der Waals surface area contributed by atoms with Crippen molar-refractivity contribution in [1.29, 1.82) is 0 Å². The number of nitrogens with zero attached hydrogens (tertiary/aromatic N) is 2. The SMILES string of the molecule is O=C(O)[C@@H](CO)NCc1cc(Cl)c(OCc2cccc(-c3cccc(Cl)c3)c2Br)cc1OCc1ccc2nonc2c1.